The Kier molecular flexibility index (Phi) is 4.36. The first-order valence-corrected chi connectivity index (χ1v) is 6.35. The number of hydrogen-bond acceptors (Lipinski definition) is 4. The van der Waals surface area contributed by atoms with Crippen molar-refractivity contribution in [1.82, 2.24) is 10.6 Å². The number of methoxy groups -OCH3 is 2. The Morgan fingerprint density at radius 2 is 1.80 bits per heavy atom. The maximum atomic E-state index is 12.1. The maximum absolute atomic E-state index is 12.1. The Labute approximate surface area is 117 Å². The van der Waals surface area contributed by atoms with Crippen molar-refractivity contribution in [2.75, 3.05) is 14.2 Å². The normalized spacial score (nSPS) is 21.9. The summed E-state index contributed by atoms with van der Waals surface area (Å²) in [5.41, 5.74) is -0.122. The zero-order valence-corrected chi connectivity index (χ0v) is 11.5. The van der Waals surface area contributed by atoms with Gasteiger partial charge < -0.3 is 14.8 Å². The highest BCUT2D eigenvalue weighted by Gasteiger charge is 2.52. The molecule has 1 saturated heterocycles. The highest BCUT2D eigenvalue weighted by Crippen LogP contribution is 2.25. The van der Waals surface area contributed by atoms with E-state index >= 15 is 0 Å². The van der Waals surface area contributed by atoms with Gasteiger partial charge in [0.1, 0.15) is 0 Å². The molecule has 20 heavy (non-hydrogen) atoms. The summed E-state index contributed by atoms with van der Waals surface area (Å²) in [5.74, 6) is -0.424. The van der Waals surface area contributed by atoms with Crippen LogP contribution >= 0.6 is 0 Å². The van der Waals surface area contributed by atoms with Gasteiger partial charge in [-0.2, -0.15) is 0 Å². The number of nitrogens with one attached hydrogen (secondary N) is 2. The summed E-state index contributed by atoms with van der Waals surface area (Å²) in [7, 11) is 2.88. The van der Waals surface area contributed by atoms with E-state index in [1.807, 2.05) is 30.3 Å². The van der Waals surface area contributed by atoms with E-state index in [0.29, 0.717) is 12.8 Å². The van der Waals surface area contributed by atoms with Crippen molar-refractivity contribution in [1.29, 1.82) is 0 Å². The largest absolute Gasteiger partial charge is 0.353 e. The lowest BCUT2D eigenvalue weighted by atomic mass is 9.90. The van der Waals surface area contributed by atoms with E-state index in [1.165, 1.54) is 14.2 Å². The van der Waals surface area contributed by atoms with Crippen molar-refractivity contribution in [3.05, 3.63) is 35.9 Å². The summed E-state index contributed by atoms with van der Waals surface area (Å²) in [6, 6.07) is 9.20. The number of benzene rings is 1. The molecule has 0 radical (unpaired) electrons. The quantitative estimate of drug-likeness (QED) is 0.596. The average molecular weight is 278 g/mol. The number of amides is 3. The topological polar surface area (TPSA) is 76.7 Å². The van der Waals surface area contributed by atoms with Gasteiger partial charge in [0.05, 0.1) is 0 Å². The van der Waals surface area contributed by atoms with Crippen LogP contribution in [0.4, 0.5) is 4.79 Å². The summed E-state index contributed by atoms with van der Waals surface area (Å²) in [5, 5.41) is 4.88. The first kappa shape index (κ1) is 14.5. The molecule has 0 unspecified atom stereocenters. The van der Waals surface area contributed by atoms with E-state index < -0.39 is 23.8 Å². The van der Waals surface area contributed by atoms with Gasteiger partial charge in [0.25, 0.3) is 5.91 Å². The van der Waals surface area contributed by atoms with Gasteiger partial charge in [-0.3, -0.25) is 10.1 Å². The molecular weight excluding hydrogens is 260 g/mol. The van der Waals surface area contributed by atoms with Gasteiger partial charge >= 0.3 is 6.03 Å². The Balaban J connectivity index is 2.19. The molecule has 6 heteroatoms. The summed E-state index contributed by atoms with van der Waals surface area (Å²) in [6.45, 7) is 0. The molecule has 1 heterocycles. The Morgan fingerprint density at radius 3 is 2.30 bits per heavy atom. The van der Waals surface area contributed by atoms with E-state index in [9.17, 15) is 9.59 Å². The zero-order valence-electron chi connectivity index (χ0n) is 11.5. The van der Waals surface area contributed by atoms with E-state index in [-0.39, 0.29) is 0 Å². The number of carbonyl (C=O) groups is 2. The molecule has 6 nitrogen and oxygen atoms in total. The Morgan fingerprint density at radius 1 is 1.15 bits per heavy atom. The molecule has 0 saturated carbocycles. The highest BCUT2D eigenvalue weighted by atomic mass is 16.7. The van der Waals surface area contributed by atoms with Crippen LogP contribution in [-0.4, -0.2) is 38.0 Å². The minimum absolute atomic E-state index is 0.390. The van der Waals surface area contributed by atoms with Gasteiger partial charge in [-0.05, 0) is 18.4 Å². The lowest BCUT2D eigenvalue weighted by Gasteiger charge is -2.32. The standard InChI is InChI=1S/C14H18N2O4/c1-19-12(20-2)14(11(17)15-13(18)16-14)9-8-10-6-4-3-5-7-10/h3-7,12H,8-9H2,1-2H3,(H2,15,16,17,18)/t14-/m1/s1. The van der Waals surface area contributed by atoms with E-state index in [0.717, 1.165) is 5.56 Å². The SMILES string of the molecule is COC(OC)[C@]1(CCc2ccccc2)NC(=O)NC1=O. The van der Waals surface area contributed by atoms with E-state index in [1.54, 1.807) is 0 Å². The summed E-state index contributed by atoms with van der Waals surface area (Å²) >= 11 is 0. The molecule has 108 valence electrons. The van der Waals surface area contributed by atoms with Crippen LogP contribution in [0.1, 0.15) is 12.0 Å². The predicted octanol–water partition coefficient (Wildman–Crippen LogP) is 0.816. The Bertz CT molecular complexity index is 487. The number of carbonyl (C=O) groups excluding carboxylic acids is 2. The molecule has 0 aromatic heterocycles. The third-order valence-electron chi connectivity index (χ3n) is 3.45. The molecule has 1 atom stereocenters. The summed E-state index contributed by atoms with van der Waals surface area (Å²) in [4.78, 5) is 23.6. The van der Waals surface area contributed by atoms with Crippen LogP contribution in [-0.2, 0) is 20.7 Å². The molecule has 1 aliphatic heterocycles. The van der Waals surface area contributed by atoms with E-state index in [4.69, 9.17) is 9.47 Å². The van der Waals surface area contributed by atoms with Gasteiger partial charge in [0.15, 0.2) is 11.8 Å². The van der Waals surface area contributed by atoms with E-state index in [2.05, 4.69) is 10.6 Å². The van der Waals surface area contributed by atoms with Gasteiger partial charge in [0.2, 0.25) is 0 Å². The highest BCUT2D eigenvalue weighted by molar-refractivity contribution is 6.07. The third-order valence-corrected chi connectivity index (χ3v) is 3.45. The second-order valence-corrected chi connectivity index (χ2v) is 4.67. The molecule has 1 aromatic rings. The molecule has 2 rings (SSSR count). The fourth-order valence-electron chi connectivity index (χ4n) is 2.45. The Hall–Kier alpha value is -1.92. The second-order valence-electron chi connectivity index (χ2n) is 4.67. The first-order chi connectivity index (χ1) is 9.62. The molecule has 3 amide bonds. The molecule has 1 aliphatic rings. The molecule has 1 aromatic carbocycles. The average Bonchev–Trinajstić information content (AvgIpc) is 2.74. The number of aryl methyl sites for hydroxylation is 1. The molecule has 0 aliphatic carbocycles. The van der Waals surface area contributed by atoms with Crippen molar-refractivity contribution in [2.45, 2.75) is 24.7 Å². The smallest absolute Gasteiger partial charge is 0.322 e. The number of urea groups is 1. The monoisotopic (exact) mass is 278 g/mol. The fourth-order valence-corrected chi connectivity index (χ4v) is 2.45. The second kappa shape index (κ2) is 6.02. The first-order valence-electron chi connectivity index (χ1n) is 6.35. The van der Waals surface area contributed by atoms with Gasteiger partial charge in [-0.15, -0.1) is 0 Å². The summed E-state index contributed by atoms with van der Waals surface area (Å²) in [6.07, 6.45) is 0.177. The van der Waals surface area contributed by atoms with Gasteiger partial charge in [-0.1, -0.05) is 30.3 Å². The maximum Gasteiger partial charge on any atom is 0.322 e. The van der Waals surface area contributed by atoms with Crippen molar-refractivity contribution in [3.8, 4) is 0 Å². The number of rotatable bonds is 6. The molecule has 0 bridgehead atoms. The van der Waals surface area contributed by atoms with Crippen molar-refractivity contribution in [2.24, 2.45) is 0 Å². The van der Waals surface area contributed by atoms with Crippen LogP contribution < -0.4 is 10.6 Å². The molecule has 2 N–H and O–H groups in total. The lowest BCUT2D eigenvalue weighted by Crippen LogP contribution is -2.58. The number of ether oxygens (including phenoxy) is 2. The molecular formula is C14H18N2O4. The minimum Gasteiger partial charge on any atom is -0.353 e. The van der Waals surface area contributed by atoms with Crippen molar-refractivity contribution in [3.63, 3.8) is 0 Å². The predicted molar refractivity (Wildman–Crippen MR) is 72.0 cm³/mol. The lowest BCUT2D eigenvalue weighted by molar-refractivity contribution is -0.165. The van der Waals surface area contributed by atoms with Crippen LogP contribution in [0.25, 0.3) is 0 Å². The van der Waals surface area contributed by atoms with Crippen LogP contribution in [0.2, 0.25) is 0 Å². The van der Waals surface area contributed by atoms with Crippen molar-refractivity contribution >= 4 is 11.9 Å². The van der Waals surface area contributed by atoms with Crippen LogP contribution in [0.5, 0.6) is 0 Å². The zero-order chi connectivity index (χ0) is 14.6. The van der Waals surface area contributed by atoms with Gasteiger partial charge in [-0.25, -0.2) is 4.79 Å². The molecule has 0 spiro atoms. The van der Waals surface area contributed by atoms with Gasteiger partial charge in [0, 0.05) is 14.2 Å². The van der Waals surface area contributed by atoms with Crippen LogP contribution in [0.15, 0.2) is 30.3 Å². The number of imide groups is 1. The minimum atomic E-state index is -1.20. The van der Waals surface area contributed by atoms with Crippen molar-refractivity contribution < 1.29 is 19.1 Å². The van der Waals surface area contributed by atoms with Crippen LogP contribution in [0, 0.1) is 0 Å². The fraction of sp³-hybridized carbons (Fsp3) is 0.429. The summed E-state index contributed by atoms with van der Waals surface area (Å²) < 4.78 is 10.4. The number of hydrogen-bond donors (Lipinski definition) is 2. The molecule has 1 fully saturated rings. The van der Waals surface area contributed by atoms with Crippen LogP contribution in [0.3, 0.4) is 0 Å². The third kappa shape index (κ3) is 2.66.